The summed E-state index contributed by atoms with van der Waals surface area (Å²) in [5.41, 5.74) is 7.46. The van der Waals surface area contributed by atoms with Crippen LogP contribution in [0.4, 0.5) is 0 Å². The van der Waals surface area contributed by atoms with E-state index in [0.717, 1.165) is 17.5 Å². The first kappa shape index (κ1) is 14.5. The summed E-state index contributed by atoms with van der Waals surface area (Å²) in [4.78, 5) is 0. The van der Waals surface area contributed by atoms with E-state index in [1.54, 1.807) is 4.31 Å². The second kappa shape index (κ2) is 5.23. The molecular formula is C14H22N2O2S. The molecule has 1 aliphatic rings. The Morgan fingerprint density at radius 1 is 1.21 bits per heavy atom. The van der Waals surface area contributed by atoms with Crippen molar-refractivity contribution in [1.29, 1.82) is 0 Å². The van der Waals surface area contributed by atoms with Crippen LogP contribution in [-0.4, -0.2) is 25.8 Å². The number of sulfonamides is 1. The molecule has 1 heterocycles. The quantitative estimate of drug-likeness (QED) is 0.914. The number of benzene rings is 1. The monoisotopic (exact) mass is 282 g/mol. The van der Waals surface area contributed by atoms with Gasteiger partial charge in [-0.1, -0.05) is 38.1 Å². The van der Waals surface area contributed by atoms with Gasteiger partial charge in [0.05, 0.1) is 5.75 Å². The van der Waals surface area contributed by atoms with E-state index in [1.807, 2.05) is 24.3 Å². The molecule has 1 fully saturated rings. The van der Waals surface area contributed by atoms with Crippen LogP contribution in [0.25, 0.3) is 0 Å². The van der Waals surface area contributed by atoms with Crippen LogP contribution in [-0.2, 0) is 22.3 Å². The van der Waals surface area contributed by atoms with Crippen LogP contribution < -0.4 is 5.73 Å². The van der Waals surface area contributed by atoms with Gasteiger partial charge in [-0.05, 0) is 23.0 Å². The zero-order valence-corrected chi connectivity index (χ0v) is 12.4. The van der Waals surface area contributed by atoms with Gasteiger partial charge in [-0.15, -0.1) is 0 Å². The summed E-state index contributed by atoms with van der Waals surface area (Å²) in [5, 5.41) is 0. The van der Waals surface area contributed by atoms with Crippen LogP contribution in [0.1, 0.15) is 31.4 Å². The minimum atomic E-state index is -3.20. The molecule has 1 aromatic rings. The standard InChI is InChI=1S/C14H22N2O2S/c1-14(2)7-8-16(11-14)19(17,18)10-13-5-3-12(9-15)4-6-13/h3-6H,7-11,15H2,1-2H3. The largest absolute Gasteiger partial charge is 0.326 e. The maximum Gasteiger partial charge on any atom is 0.218 e. The fourth-order valence-electron chi connectivity index (χ4n) is 2.37. The molecular weight excluding hydrogens is 260 g/mol. The van der Waals surface area contributed by atoms with Crippen molar-refractivity contribution in [2.45, 2.75) is 32.6 Å². The third-order valence-electron chi connectivity index (χ3n) is 3.64. The molecule has 0 radical (unpaired) electrons. The Morgan fingerprint density at radius 2 is 1.79 bits per heavy atom. The zero-order valence-electron chi connectivity index (χ0n) is 11.6. The highest BCUT2D eigenvalue weighted by atomic mass is 32.2. The first-order valence-corrected chi connectivity index (χ1v) is 8.19. The summed E-state index contributed by atoms with van der Waals surface area (Å²) in [5.74, 6) is 0.0773. The van der Waals surface area contributed by atoms with E-state index in [4.69, 9.17) is 5.73 Å². The van der Waals surface area contributed by atoms with Gasteiger partial charge in [0.25, 0.3) is 0 Å². The maximum absolute atomic E-state index is 12.3. The normalized spacial score (nSPS) is 19.7. The average molecular weight is 282 g/mol. The average Bonchev–Trinajstić information content (AvgIpc) is 2.71. The Kier molecular flexibility index (Phi) is 3.99. The van der Waals surface area contributed by atoms with Gasteiger partial charge in [0.15, 0.2) is 0 Å². The van der Waals surface area contributed by atoms with E-state index in [2.05, 4.69) is 13.8 Å². The molecule has 1 aromatic carbocycles. The number of nitrogens with two attached hydrogens (primary N) is 1. The van der Waals surface area contributed by atoms with Crippen molar-refractivity contribution >= 4 is 10.0 Å². The summed E-state index contributed by atoms with van der Waals surface area (Å²) < 4.78 is 26.3. The molecule has 1 saturated heterocycles. The van der Waals surface area contributed by atoms with Crippen LogP contribution in [0.5, 0.6) is 0 Å². The minimum Gasteiger partial charge on any atom is -0.326 e. The van der Waals surface area contributed by atoms with E-state index >= 15 is 0 Å². The van der Waals surface area contributed by atoms with Crippen LogP contribution in [0, 0.1) is 5.41 Å². The molecule has 1 aliphatic heterocycles. The molecule has 0 saturated carbocycles. The van der Waals surface area contributed by atoms with Crippen molar-refractivity contribution in [3.63, 3.8) is 0 Å². The fraction of sp³-hybridized carbons (Fsp3) is 0.571. The lowest BCUT2D eigenvalue weighted by atomic mass is 9.93. The number of nitrogens with zero attached hydrogens (tertiary/aromatic N) is 1. The van der Waals surface area contributed by atoms with Gasteiger partial charge in [-0.25, -0.2) is 12.7 Å². The van der Waals surface area contributed by atoms with Crippen molar-refractivity contribution in [3.05, 3.63) is 35.4 Å². The van der Waals surface area contributed by atoms with Gasteiger partial charge in [-0.2, -0.15) is 0 Å². The third kappa shape index (κ3) is 3.55. The topological polar surface area (TPSA) is 63.4 Å². The third-order valence-corrected chi connectivity index (χ3v) is 5.44. The lowest BCUT2D eigenvalue weighted by Crippen LogP contribution is -2.31. The highest BCUT2D eigenvalue weighted by molar-refractivity contribution is 7.88. The summed E-state index contributed by atoms with van der Waals surface area (Å²) in [6, 6.07) is 7.47. The van der Waals surface area contributed by atoms with Crippen LogP contribution in [0.2, 0.25) is 0 Å². The molecule has 0 spiro atoms. The van der Waals surface area contributed by atoms with Crippen molar-refractivity contribution < 1.29 is 8.42 Å². The van der Waals surface area contributed by atoms with Crippen LogP contribution in [0.3, 0.4) is 0 Å². The SMILES string of the molecule is CC1(C)CCN(S(=O)(=O)Cc2ccc(CN)cc2)C1. The van der Waals surface area contributed by atoms with Crippen LogP contribution in [0.15, 0.2) is 24.3 Å². The second-order valence-electron chi connectivity index (χ2n) is 6.02. The summed E-state index contributed by atoms with van der Waals surface area (Å²) in [6.07, 6.45) is 0.929. The van der Waals surface area contributed by atoms with Crippen LogP contribution >= 0.6 is 0 Å². The van der Waals surface area contributed by atoms with Gasteiger partial charge in [-0.3, -0.25) is 0 Å². The molecule has 19 heavy (non-hydrogen) atoms. The molecule has 4 nitrogen and oxygen atoms in total. The number of hydrogen-bond acceptors (Lipinski definition) is 3. The lowest BCUT2D eigenvalue weighted by molar-refractivity contribution is 0.375. The van der Waals surface area contributed by atoms with Gasteiger partial charge in [0.1, 0.15) is 0 Å². The van der Waals surface area contributed by atoms with Crippen molar-refractivity contribution in [1.82, 2.24) is 4.31 Å². The molecule has 5 heteroatoms. The Labute approximate surface area is 115 Å². The smallest absolute Gasteiger partial charge is 0.218 e. The fourth-order valence-corrected chi connectivity index (χ4v) is 4.09. The van der Waals surface area contributed by atoms with E-state index in [9.17, 15) is 8.42 Å². The molecule has 0 bridgehead atoms. The van der Waals surface area contributed by atoms with Gasteiger partial charge < -0.3 is 5.73 Å². The second-order valence-corrected chi connectivity index (χ2v) is 7.99. The van der Waals surface area contributed by atoms with Gasteiger partial charge in [0, 0.05) is 19.6 Å². The number of rotatable bonds is 4. The molecule has 0 unspecified atom stereocenters. The number of hydrogen-bond donors (Lipinski definition) is 1. The van der Waals surface area contributed by atoms with E-state index < -0.39 is 10.0 Å². The molecule has 0 aromatic heterocycles. The first-order valence-electron chi connectivity index (χ1n) is 6.58. The summed E-state index contributed by atoms with van der Waals surface area (Å²) in [6.45, 7) is 5.96. The van der Waals surface area contributed by atoms with Crippen molar-refractivity contribution in [3.8, 4) is 0 Å². The Morgan fingerprint density at radius 3 is 2.26 bits per heavy atom. The minimum absolute atomic E-state index is 0.0773. The van der Waals surface area contributed by atoms with Gasteiger partial charge >= 0.3 is 0 Å². The van der Waals surface area contributed by atoms with E-state index in [-0.39, 0.29) is 11.2 Å². The Balaban J connectivity index is 2.08. The molecule has 2 N–H and O–H groups in total. The molecule has 0 atom stereocenters. The van der Waals surface area contributed by atoms with Gasteiger partial charge in [0.2, 0.25) is 10.0 Å². The molecule has 2 rings (SSSR count). The maximum atomic E-state index is 12.3. The zero-order chi connectivity index (χ0) is 14.1. The summed E-state index contributed by atoms with van der Waals surface area (Å²) in [7, 11) is -3.20. The Bertz CT molecular complexity index is 535. The highest BCUT2D eigenvalue weighted by Gasteiger charge is 2.35. The van der Waals surface area contributed by atoms with E-state index in [0.29, 0.717) is 19.6 Å². The summed E-state index contributed by atoms with van der Waals surface area (Å²) >= 11 is 0. The predicted molar refractivity (Wildman–Crippen MR) is 76.9 cm³/mol. The molecule has 106 valence electrons. The first-order chi connectivity index (χ1) is 8.82. The Hall–Kier alpha value is -0.910. The van der Waals surface area contributed by atoms with Crippen molar-refractivity contribution in [2.24, 2.45) is 11.1 Å². The van der Waals surface area contributed by atoms with E-state index in [1.165, 1.54) is 0 Å². The molecule has 0 aliphatic carbocycles. The highest BCUT2D eigenvalue weighted by Crippen LogP contribution is 2.31. The molecule has 0 amide bonds. The van der Waals surface area contributed by atoms with Crippen molar-refractivity contribution in [2.75, 3.05) is 13.1 Å². The predicted octanol–water partition coefficient (Wildman–Crippen LogP) is 1.71. The lowest BCUT2D eigenvalue weighted by Gasteiger charge is -2.19.